The van der Waals surface area contributed by atoms with Crippen LogP contribution in [0.1, 0.15) is 24.2 Å². The van der Waals surface area contributed by atoms with Crippen LogP contribution in [0.3, 0.4) is 0 Å². The lowest BCUT2D eigenvalue weighted by molar-refractivity contribution is -0.385. The maximum atomic E-state index is 12.8. The second-order valence-corrected chi connectivity index (χ2v) is 7.88. The van der Waals surface area contributed by atoms with Gasteiger partial charge in [-0.15, -0.1) is 0 Å². The van der Waals surface area contributed by atoms with Crippen molar-refractivity contribution in [3.05, 3.63) is 61.9 Å². The number of carbonyl (C=O) groups excluding carboxylic acids is 2. The number of hydrogen-bond acceptors (Lipinski definition) is 6. The number of ether oxygens (including phenoxy) is 1. The number of amides is 2. The average Bonchev–Trinajstić information content (AvgIpc) is 3.03. The van der Waals surface area contributed by atoms with Gasteiger partial charge in [-0.2, -0.15) is 4.99 Å². The van der Waals surface area contributed by atoms with Crippen molar-refractivity contribution in [1.29, 1.82) is 0 Å². The second kappa shape index (κ2) is 9.82. The van der Waals surface area contributed by atoms with Crippen molar-refractivity contribution in [2.45, 2.75) is 20.4 Å². The number of fused-ring (bicyclic) bond motifs is 1. The standard InChI is InChI=1S/C20H19ClN4O5S/c1-3-30-9-8-24-17-7-5-14(22-12(2)26)11-18(17)31-20(24)23-19(27)15-10-13(21)4-6-16(15)25(28)29/h4-7,10-11H,3,8-9H2,1-2H3,(H,22,26). The zero-order chi connectivity index (χ0) is 22.5. The van der Waals surface area contributed by atoms with Gasteiger partial charge < -0.3 is 14.6 Å². The van der Waals surface area contributed by atoms with Crippen molar-refractivity contribution in [3.63, 3.8) is 0 Å². The van der Waals surface area contributed by atoms with Crippen LogP contribution in [0.25, 0.3) is 10.2 Å². The molecule has 0 aliphatic rings. The van der Waals surface area contributed by atoms with E-state index in [1.807, 2.05) is 17.6 Å². The quantitative estimate of drug-likeness (QED) is 0.323. The number of nitrogens with one attached hydrogen (secondary N) is 1. The fraction of sp³-hybridized carbons (Fsp3) is 0.250. The average molecular weight is 463 g/mol. The Balaban J connectivity index is 2.12. The van der Waals surface area contributed by atoms with Gasteiger partial charge in [-0.1, -0.05) is 22.9 Å². The molecule has 0 aliphatic carbocycles. The van der Waals surface area contributed by atoms with E-state index in [0.717, 1.165) is 10.2 Å². The Hall–Kier alpha value is -3.08. The summed E-state index contributed by atoms with van der Waals surface area (Å²) in [6.45, 7) is 4.66. The maximum Gasteiger partial charge on any atom is 0.286 e. The summed E-state index contributed by atoms with van der Waals surface area (Å²) in [4.78, 5) is 39.4. The number of aromatic nitrogens is 1. The fourth-order valence-corrected chi connectivity index (χ4v) is 4.21. The molecule has 0 spiro atoms. The topological polar surface area (TPSA) is 116 Å². The molecule has 0 radical (unpaired) electrons. The van der Waals surface area contributed by atoms with E-state index in [1.165, 1.54) is 36.5 Å². The molecule has 1 N–H and O–H groups in total. The molecule has 0 saturated heterocycles. The SMILES string of the molecule is CCOCCn1c(=NC(=O)c2cc(Cl)ccc2[N+](=O)[O-])sc2cc(NC(C)=O)ccc21. The third-order valence-electron chi connectivity index (χ3n) is 4.25. The normalized spacial score (nSPS) is 11.6. The van der Waals surface area contributed by atoms with E-state index < -0.39 is 10.8 Å². The maximum absolute atomic E-state index is 12.8. The first kappa shape index (κ1) is 22.6. The van der Waals surface area contributed by atoms with Gasteiger partial charge in [0.15, 0.2) is 4.80 Å². The van der Waals surface area contributed by atoms with Crippen LogP contribution >= 0.6 is 22.9 Å². The van der Waals surface area contributed by atoms with Gasteiger partial charge in [-0.3, -0.25) is 19.7 Å². The Morgan fingerprint density at radius 1 is 1.29 bits per heavy atom. The highest BCUT2D eigenvalue weighted by Crippen LogP contribution is 2.25. The lowest BCUT2D eigenvalue weighted by Crippen LogP contribution is -2.20. The molecule has 1 aromatic heterocycles. The first-order valence-corrected chi connectivity index (χ1v) is 10.5. The summed E-state index contributed by atoms with van der Waals surface area (Å²) in [5.74, 6) is -0.971. The zero-order valence-electron chi connectivity index (χ0n) is 16.8. The summed E-state index contributed by atoms with van der Waals surface area (Å²) < 4.78 is 8.03. The minimum atomic E-state index is -0.770. The molecular weight excluding hydrogens is 444 g/mol. The fourth-order valence-electron chi connectivity index (χ4n) is 2.94. The number of hydrogen-bond donors (Lipinski definition) is 1. The van der Waals surface area contributed by atoms with Gasteiger partial charge >= 0.3 is 0 Å². The number of nitrogens with zero attached hydrogens (tertiary/aromatic N) is 3. The predicted octanol–water partition coefficient (Wildman–Crippen LogP) is 4.00. The van der Waals surface area contributed by atoms with Crippen molar-refractivity contribution >= 4 is 56.3 Å². The molecule has 3 rings (SSSR count). The van der Waals surface area contributed by atoms with E-state index in [-0.39, 0.29) is 22.2 Å². The van der Waals surface area contributed by atoms with Crippen LogP contribution in [0, 0.1) is 10.1 Å². The zero-order valence-corrected chi connectivity index (χ0v) is 18.3. The van der Waals surface area contributed by atoms with Gasteiger partial charge in [0, 0.05) is 36.9 Å². The summed E-state index contributed by atoms with van der Waals surface area (Å²) in [6, 6.07) is 9.11. The molecule has 11 heteroatoms. The van der Waals surface area contributed by atoms with Crippen molar-refractivity contribution in [2.24, 2.45) is 4.99 Å². The number of benzene rings is 2. The van der Waals surface area contributed by atoms with Crippen LogP contribution in [-0.4, -0.2) is 34.5 Å². The number of nitro benzene ring substituents is 1. The Kier molecular flexibility index (Phi) is 7.16. The molecule has 2 aromatic carbocycles. The molecule has 0 unspecified atom stereocenters. The Bertz CT molecular complexity index is 1230. The van der Waals surface area contributed by atoms with Crippen LogP contribution in [0.15, 0.2) is 41.4 Å². The molecule has 0 bridgehead atoms. The number of nitro groups is 1. The first-order chi connectivity index (χ1) is 14.8. The minimum absolute atomic E-state index is 0.190. The second-order valence-electron chi connectivity index (χ2n) is 6.43. The van der Waals surface area contributed by atoms with E-state index in [9.17, 15) is 19.7 Å². The number of carbonyl (C=O) groups is 2. The molecule has 1 heterocycles. The summed E-state index contributed by atoms with van der Waals surface area (Å²) in [5, 5.41) is 14.2. The molecular formula is C20H19ClN4O5S. The van der Waals surface area contributed by atoms with E-state index in [1.54, 1.807) is 12.1 Å². The Morgan fingerprint density at radius 3 is 2.74 bits per heavy atom. The monoisotopic (exact) mass is 462 g/mol. The lowest BCUT2D eigenvalue weighted by Gasteiger charge is -2.06. The van der Waals surface area contributed by atoms with E-state index in [0.29, 0.717) is 30.2 Å². The van der Waals surface area contributed by atoms with Crippen LogP contribution in [-0.2, 0) is 16.1 Å². The van der Waals surface area contributed by atoms with E-state index in [2.05, 4.69) is 10.3 Å². The van der Waals surface area contributed by atoms with Crippen LogP contribution in [0.4, 0.5) is 11.4 Å². The van der Waals surface area contributed by atoms with Crippen LogP contribution in [0.5, 0.6) is 0 Å². The smallest absolute Gasteiger partial charge is 0.286 e. The van der Waals surface area contributed by atoms with Gasteiger partial charge in [0.1, 0.15) is 5.56 Å². The summed E-state index contributed by atoms with van der Waals surface area (Å²) in [5.41, 5.74) is 0.853. The third-order valence-corrected chi connectivity index (χ3v) is 5.53. The highest BCUT2D eigenvalue weighted by molar-refractivity contribution is 7.16. The molecule has 0 saturated carbocycles. The minimum Gasteiger partial charge on any atom is -0.380 e. The molecule has 9 nitrogen and oxygen atoms in total. The Morgan fingerprint density at radius 2 is 2.06 bits per heavy atom. The van der Waals surface area contributed by atoms with E-state index in [4.69, 9.17) is 16.3 Å². The third kappa shape index (κ3) is 5.35. The lowest BCUT2D eigenvalue weighted by atomic mass is 10.2. The molecule has 2 amide bonds. The van der Waals surface area contributed by atoms with Crippen molar-refractivity contribution in [2.75, 3.05) is 18.5 Å². The van der Waals surface area contributed by atoms with Gasteiger partial charge in [0.05, 0.1) is 21.7 Å². The largest absolute Gasteiger partial charge is 0.380 e. The molecule has 3 aromatic rings. The highest BCUT2D eigenvalue weighted by atomic mass is 35.5. The summed E-state index contributed by atoms with van der Waals surface area (Å²) >= 11 is 7.17. The predicted molar refractivity (Wildman–Crippen MR) is 119 cm³/mol. The first-order valence-electron chi connectivity index (χ1n) is 9.32. The van der Waals surface area contributed by atoms with Crippen molar-refractivity contribution < 1.29 is 19.2 Å². The highest BCUT2D eigenvalue weighted by Gasteiger charge is 2.21. The number of rotatable bonds is 7. The van der Waals surface area contributed by atoms with Crippen molar-refractivity contribution in [1.82, 2.24) is 4.57 Å². The number of anilines is 1. The molecule has 0 atom stereocenters. The number of thiazole rings is 1. The van der Waals surface area contributed by atoms with Crippen molar-refractivity contribution in [3.8, 4) is 0 Å². The van der Waals surface area contributed by atoms with Crippen LogP contribution < -0.4 is 10.1 Å². The molecule has 0 fully saturated rings. The van der Waals surface area contributed by atoms with E-state index >= 15 is 0 Å². The molecule has 31 heavy (non-hydrogen) atoms. The Labute approximate surface area is 186 Å². The van der Waals surface area contributed by atoms with Gasteiger partial charge in [0.2, 0.25) is 5.91 Å². The number of halogens is 1. The summed E-state index contributed by atoms with van der Waals surface area (Å²) in [7, 11) is 0. The van der Waals surface area contributed by atoms with Crippen LogP contribution in [0.2, 0.25) is 5.02 Å². The molecule has 162 valence electrons. The van der Waals surface area contributed by atoms with Gasteiger partial charge in [0.25, 0.3) is 11.6 Å². The molecule has 0 aliphatic heterocycles. The summed E-state index contributed by atoms with van der Waals surface area (Å²) in [6.07, 6.45) is 0. The van der Waals surface area contributed by atoms with Gasteiger partial charge in [-0.05, 0) is 37.3 Å². The van der Waals surface area contributed by atoms with Gasteiger partial charge in [-0.25, -0.2) is 0 Å².